The first kappa shape index (κ1) is 18.8. The lowest BCUT2D eigenvalue weighted by Gasteiger charge is -2.42. The van der Waals surface area contributed by atoms with Crippen molar-refractivity contribution in [2.45, 2.75) is 31.8 Å². The van der Waals surface area contributed by atoms with E-state index in [1.165, 1.54) is 0 Å². The molecule has 1 saturated carbocycles. The SMILES string of the molecule is CCN(CC(=O)O)C1CC(NC(=O)Nc2cccnc2-c2cnn(C)c2)C1. The molecule has 1 aliphatic carbocycles. The minimum absolute atomic E-state index is 0.0320. The molecule has 3 rings (SSSR count). The van der Waals surface area contributed by atoms with Crippen LogP contribution in [0.3, 0.4) is 0 Å². The quantitative estimate of drug-likeness (QED) is 0.680. The van der Waals surface area contributed by atoms with Crippen LogP contribution < -0.4 is 10.6 Å². The number of carbonyl (C=O) groups is 2. The average Bonchev–Trinajstić information content (AvgIpc) is 3.02. The Kier molecular flexibility index (Phi) is 5.70. The number of hydrogen-bond donors (Lipinski definition) is 3. The summed E-state index contributed by atoms with van der Waals surface area (Å²) in [6.45, 7) is 2.66. The molecule has 2 heterocycles. The number of amides is 2. The molecule has 0 radical (unpaired) electrons. The molecule has 2 aromatic rings. The molecule has 1 fully saturated rings. The van der Waals surface area contributed by atoms with Gasteiger partial charge in [-0.05, 0) is 31.5 Å². The molecular weight excluding hydrogens is 348 g/mol. The molecule has 9 nitrogen and oxygen atoms in total. The summed E-state index contributed by atoms with van der Waals surface area (Å²) >= 11 is 0. The number of rotatable bonds is 7. The van der Waals surface area contributed by atoms with E-state index in [0.717, 1.165) is 18.4 Å². The van der Waals surface area contributed by atoms with Crippen LogP contribution in [0.2, 0.25) is 0 Å². The molecule has 0 saturated heterocycles. The van der Waals surface area contributed by atoms with Gasteiger partial charge in [0.05, 0.1) is 24.1 Å². The second-order valence-electron chi connectivity index (χ2n) is 6.68. The van der Waals surface area contributed by atoms with Crippen molar-refractivity contribution >= 4 is 17.7 Å². The minimum atomic E-state index is -0.828. The standard InChI is InChI=1S/C18H24N6O3/c1-3-24(11-16(25)26)14-7-13(8-14)21-18(27)22-15-5-4-6-19-17(15)12-9-20-23(2)10-12/h4-6,9-10,13-14H,3,7-8,11H2,1-2H3,(H,25,26)(H2,21,22,27). The zero-order valence-electron chi connectivity index (χ0n) is 15.4. The highest BCUT2D eigenvalue weighted by Gasteiger charge is 2.34. The largest absolute Gasteiger partial charge is 0.480 e. The number of carboxylic acids is 1. The van der Waals surface area contributed by atoms with Gasteiger partial charge in [0.1, 0.15) is 0 Å². The van der Waals surface area contributed by atoms with E-state index < -0.39 is 5.97 Å². The van der Waals surface area contributed by atoms with Gasteiger partial charge in [-0.15, -0.1) is 0 Å². The summed E-state index contributed by atoms with van der Waals surface area (Å²) in [5.74, 6) is -0.828. The number of nitrogens with one attached hydrogen (secondary N) is 2. The molecule has 0 aromatic carbocycles. The normalized spacial score (nSPS) is 18.8. The molecule has 0 aliphatic heterocycles. The third-order valence-corrected chi connectivity index (χ3v) is 4.74. The predicted molar refractivity (Wildman–Crippen MR) is 100 cm³/mol. The number of carbonyl (C=O) groups excluding carboxylic acids is 1. The summed E-state index contributed by atoms with van der Waals surface area (Å²) in [5, 5.41) is 18.9. The van der Waals surface area contributed by atoms with Crippen LogP contribution in [0.25, 0.3) is 11.3 Å². The molecule has 0 spiro atoms. The van der Waals surface area contributed by atoms with E-state index in [9.17, 15) is 9.59 Å². The molecule has 2 amide bonds. The number of pyridine rings is 1. The van der Waals surface area contributed by atoms with E-state index in [2.05, 4.69) is 20.7 Å². The number of carboxylic acid groups (broad SMARTS) is 1. The summed E-state index contributed by atoms with van der Waals surface area (Å²) in [6, 6.07) is 3.50. The Morgan fingerprint density at radius 1 is 1.41 bits per heavy atom. The van der Waals surface area contributed by atoms with Crippen LogP contribution in [0, 0.1) is 0 Å². The Hall–Kier alpha value is -2.94. The van der Waals surface area contributed by atoms with Crippen molar-refractivity contribution in [3.05, 3.63) is 30.7 Å². The van der Waals surface area contributed by atoms with Gasteiger partial charge in [-0.2, -0.15) is 5.10 Å². The van der Waals surface area contributed by atoms with Crippen LogP contribution in [0.4, 0.5) is 10.5 Å². The Labute approximate surface area is 157 Å². The number of urea groups is 1. The van der Waals surface area contributed by atoms with Gasteiger partial charge in [-0.3, -0.25) is 19.4 Å². The van der Waals surface area contributed by atoms with Crippen LogP contribution in [0.1, 0.15) is 19.8 Å². The number of aromatic nitrogens is 3. The molecule has 2 aromatic heterocycles. The van der Waals surface area contributed by atoms with Crippen molar-refractivity contribution < 1.29 is 14.7 Å². The average molecular weight is 372 g/mol. The molecular formula is C18H24N6O3. The van der Waals surface area contributed by atoms with E-state index in [0.29, 0.717) is 17.9 Å². The summed E-state index contributed by atoms with van der Waals surface area (Å²) < 4.78 is 1.68. The van der Waals surface area contributed by atoms with Crippen LogP contribution >= 0.6 is 0 Å². The molecule has 0 bridgehead atoms. The summed E-state index contributed by atoms with van der Waals surface area (Å²) in [6.07, 6.45) is 6.70. The Morgan fingerprint density at radius 2 is 2.19 bits per heavy atom. The van der Waals surface area contributed by atoms with Gasteiger partial charge < -0.3 is 15.7 Å². The van der Waals surface area contributed by atoms with Gasteiger partial charge in [0, 0.05) is 37.1 Å². The Balaban J connectivity index is 1.55. The van der Waals surface area contributed by atoms with Gasteiger partial charge in [0.15, 0.2) is 0 Å². The summed E-state index contributed by atoms with van der Waals surface area (Å²) in [4.78, 5) is 29.5. The lowest BCUT2D eigenvalue weighted by Crippen LogP contribution is -2.55. The predicted octanol–water partition coefficient (Wildman–Crippen LogP) is 1.54. The Bertz CT molecular complexity index is 815. The third kappa shape index (κ3) is 4.62. The molecule has 1 aliphatic rings. The van der Waals surface area contributed by atoms with E-state index in [4.69, 9.17) is 5.11 Å². The minimum Gasteiger partial charge on any atom is -0.480 e. The van der Waals surface area contributed by atoms with E-state index in [-0.39, 0.29) is 24.7 Å². The lowest BCUT2D eigenvalue weighted by atomic mass is 9.85. The van der Waals surface area contributed by atoms with Gasteiger partial charge in [-0.1, -0.05) is 6.92 Å². The number of hydrogen-bond acceptors (Lipinski definition) is 5. The van der Waals surface area contributed by atoms with Gasteiger partial charge in [-0.25, -0.2) is 4.79 Å². The van der Waals surface area contributed by atoms with Crippen molar-refractivity contribution in [2.24, 2.45) is 7.05 Å². The molecule has 0 atom stereocenters. The van der Waals surface area contributed by atoms with Crippen LogP contribution in [0.15, 0.2) is 30.7 Å². The summed E-state index contributed by atoms with van der Waals surface area (Å²) in [7, 11) is 1.82. The molecule has 144 valence electrons. The molecule has 0 unspecified atom stereocenters. The van der Waals surface area contributed by atoms with Gasteiger partial charge in [0.2, 0.25) is 0 Å². The van der Waals surface area contributed by atoms with Crippen molar-refractivity contribution in [3.63, 3.8) is 0 Å². The zero-order valence-corrected chi connectivity index (χ0v) is 15.4. The highest BCUT2D eigenvalue weighted by Crippen LogP contribution is 2.27. The summed E-state index contributed by atoms with van der Waals surface area (Å²) in [5.41, 5.74) is 2.09. The van der Waals surface area contributed by atoms with Crippen molar-refractivity contribution in [3.8, 4) is 11.3 Å². The number of likely N-dealkylation sites (N-methyl/N-ethyl adjacent to an activating group) is 1. The Morgan fingerprint density at radius 3 is 2.81 bits per heavy atom. The first-order valence-corrected chi connectivity index (χ1v) is 8.93. The number of nitrogens with zero attached hydrogens (tertiary/aromatic N) is 4. The molecule has 9 heteroatoms. The zero-order chi connectivity index (χ0) is 19.4. The van der Waals surface area contributed by atoms with Crippen molar-refractivity contribution in [2.75, 3.05) is 18.4 Å². The fourth-order valence-electron chi connectivity index (χ4n) is 3.30. The highest BCUT2D eigenvalue weighted by atomic mass is 16.4. The van der Waals surface area contributed by atoms with Gasteiger partial charge in [0.25, 0.3) is 0 Å². The van der Waals surface area contributed by atoms with Crippen LogP contribution in [-0.4, -0.2) is 61.9 Å². The third-order valence-electron chi connectivity index (χ3n) is 4.74. The monoisotopic (exact) mass is 372 g/mol. The maximum atomic E-state index is 12.3. The smallest absolute Gasteiger partial charge is 0.319 e. The van der Waals surface area contributed by atoms with E-state index in [1.807, 2.05) is 25.1 Å². The number of anilines is 1. The topological polar surface area (TPSA) is 112 Å². The lowest BCUT2D eigenvalue weighted by molar-refractivity contribution is -0.139. The van der Waals surface area contributed by atoms with E-state index >= 15 is 0 Å². The van der Waals surface area contributed by atoms with Crippen LogP contribution in [0.5, 0.6) is 0 Å². The molecule has 27 heavy (non-hydrogen) atoms. The molecule has 3 N–H and O–H groups in total. The van der Waals surface area contributed by atoms with E-state index in [1.54, 1.807) is 29.2 Å². The maximum absolute atomic E-state index is 12.3. The van der Waals surface area contributed by atoms with Gasteiger partial charge >= 0.3 is 12.0 Å². The van der Waals surface area contributed by atoms with Crippen molar-refractivity contribution in [1.82, 2.24) is 25.0 Å². The fourth-order valence-corrected chi connectivity index (χ4v) is 3.30. The fraction of sp³-hybridized carbons (Fsp3) is 0.444. The number of aryl methyl sites for hydroxylation is 1. The number of aliphatic carboxylic acids is 1. The first-order valence-electron chi connectivity index (χ1n) is 8.93. The second kappa shape index (κ2) is 8.17. The highest BCUT2D eigenvalue weighted by molar-refractivity contribution is 5.93. The maximum Gasteiger partial charge on any atom is 0.319 e. The second-order valence-corrected chi connectivity index (χ2v) is 6.68. The first-order chi connectivity index (χ1) is 13.0. The van der Waals surface area contributed by atoms with Crippen molar-refractivity contribution in [1.29, 1.82) is 0 Å². The van der Waals surface area contributed by atoms with Crippen LogP contribution in [-0.2, 0) is 11.8 Å².